The summed E-state index contributed by atoms with van der Waals surface area (Å²) in [7, 11) is 0. The van der Waals surface area contributed by atoms with Crippen LogP contribution < -0.4 is 10.1 Å². The van der Waals surface area contributed by atoms with Crippen LogP contribution in [0.25, 0.3) is 11.1 Å². The summed E-state index contributed by atoms with van der Waals surface area (Å²) < 4.78 is 5.92. The molecule has 0 radical (unpaired) electrons. The van der Waals surface area contributed by atoms with E-state index in [2.05, 4.69) is 53.2 Å². The fourth-order valence-corrected chi connectivity index (χ4v) is 4.64. The average molecular weight is 498 g/mol. The van der Waals surface area contributed by atoms with E-state index in [-0.39, 0.29) is 5.91 Å². The molecular weight excluding hydrogens is 458 g/mol. The lowest BCUT2D eigenvalue weighted by molar-refractivity contribution is 0.0952. The third kappa shape index (κ3) is 9.08. The summed E-state index contributed by atoms with van der Waals surface area (Å²) in [5, 5.41) is 3.07. The SMILES string of the molecule is C#C.Cc1cc(C(=O)NCCCN2CCCC2)ccc1-c1ccc(OCCCCc2cccnc2)cc1. The molecule has 1 aliphatic heterocycles. The van der Waals surface area contributed by atoms with Gasteiger partial charge in [0.05, 0.1) is 6.61 Å². The number of aromatic nitrogens is 1. The molecule has 0 atom stereocenters. The molecule has 1 amide bonds. The molecule has 0 saturated carbocycles. The van der Waals surface area contributed by atoms with E-state index in [9.17, 15) is 4.79 Å². The van der Waals surface area contributed by atoms with Crippen molar-refractivity contribution in [3.05, 3.63) is 83.7 Å². The number of amides is 1. The minimum Gasteiger partial charge on any atom is -0.494 e. The molecule has 37 heavy (non-hydrogen) atoms. The number of pyridine rings is 1. The Kier molecular flexibility index (Phi) is 11.7. The van der Waals surface area contributed by atoms with Crippen molar-refractivity contribution in [1.82, 2.24) is 15.2 Å². The number of nitrogens with one attached hydrogen (secondary N) is 1. The first-order chi connectivity index (χ1) is 18.2. The molecule has 194 valence electrons. The Balaban J connectivity index is 0.00000186. The molecule has 5 heteroatoms. The topological polar surface area (TPSA) is 54.5 Å². The van der Waals surface area contributed by atoms with E-state index in [0.29, 0.717) is 6.61 Å². The number of aryl methyl sites for hydroxylation is 2. The predicted molar refractivity (Wildman–Crippen MR) is 152 cm³/mol. The van der Waals surface area contributed by atoms with E-state index in [1.54, 1.807) is 6.20 Å². The van der Waals surface area contributed by atoms with Gasteiger partial charge in [-0.1, -0.05) is 24.3 Å². The van der Waals surface area contributed by atoms with E-state index in [4.69, 9.17) is 4.74 Å². The van der Waals surface area contributed by atoms with Crippen LogP contribution in [0.1, 0.15) is 53.6 Å². The number of hydrogen-bond donors (Lipinski definition) is 1. The van der Waals surface area contributed by atoms with Crippen molar-refractivity contribution in [3.8, 4) is 29.7 Å². The lowest BCUT2D eigenvalue weighted by Gasteiger charge is -2.14. The van der Waals surface area contributed by atoms with Crippen molar-refractivity contribution in [2.24, 2.45) is 0 Å². The Morgan fingerprint density at radius 1 is 1.03 bits per heavy atom. The molecule has 2 heterocycles. The monoisotopic (exact) mass is 497 g/mol. The fraction of sp³-hybridized carbons (Fsp3) is 0.375. The molecule has 2 aromatic carbocycles. The van der Waals surface area contributed by atoms with Gasteiger partial charge in [-0.25, -0.2) is 0 Å². The average Bonchev–Trinajstić information content (AvgIpc) is 3.47. The van der Waals surface area contributed by atoms with Gasteiger partial charge in [-0.3, -0.25) is 9.78 Å². The second kappa shape index (κ2) is 15.5. The highest BCUT2D eigenvalue weighted by atomic mass is 16.5. The Hall–Kier alpha value is -3.62. The minimum absolute atomic E-state index is 0.00773. The molecule has 0 spiro atoms. The highest BCUT2D eigenvalue weighted by Gasteiger charge is 2.12. The summed E-state index contributed by atoms with van der Waals surface area (Å²) in [6.45, 7) is 6.97. The Labute approximate surface area is 222 Å². The molecule has 1 aromatic heterocycles. The zero-order valence-corrected chi connectivity index (χ0v) is 22.0. The van der Waals surface area contributed by atoms with Crippen LogP contribution in [-0.2, 0) is 6.42 Å². The Bertz CT molecular complexity index is 1100. The van der Waals surface area contributed by atoms with Crippen molar-refractivity contribution in [2.45, 2.75) is 45.4 Å². The summed E-state index contributed by atoms with van der Waals surface area (Å²) in [5.41, 5.74) is 5.35. The molecular formula is C32H39N3O2. The standard InChI is InChI=1S/C30H37N3O2.C2H2/c1-24-22-27(30(34)32-17-7-20-33-18-3-4-19-33)12-15-29(24)26-10-13-28(14-11-26)35-21-5-2-8-25-9-6-16-31-23-25;1-2/h6,9-16,22-23H,2-5,7-8,17-21H2,1H3,(H,32,34);1-2H. The van der Waals surface area contributed by atoms with Gasteiger partial charge >= 0.3 is 0 Å². The first-order valence-electron chi connectivity index (χ1n) is 13.3. The van der Waals surface area contributed by atoms with Crippen molar-refractivity contribution in [2.75, 3.05) is 32.8 Å². The maximum atomic E-state index is 12.6. The minimum atomic E-state index is 0.00773. The molecule has 1 N–H and O–H groups in total. The second-order valence-electron chi connectivity index (χ2n) is 9.38. The van der Waals surface area contributed by atoms with E-state index in [1.165, 1.54) is 31.5 Å². The molecule has 1 fully saturated rings. The first-order valence-corrected chi connectivity index (χ1v) is 13.3. The van der Waals surface area contributed by atoms with Gasteiger partial charge in [-0.05, 0) is 118 Å². The number of carbonyl (C=O) groups is 1. The van der Waals surface area contributed by atoms with Crippen LogP contribution >= 0.6 is 0 Å². The number of ether oxygens (including phenoxy) is 1. The van der Waals surface area contributed by atoms with Crippen LogP contribution in [0, 0.1) is 19.8 Å². The number of benzene rings is 2. The van der Waals surface area contributed by atoms with Gasteiger partial charge in [0.25, 0.3) is 5.91 Å². The van der Waals surface area contributed by atoms with Crippen LogP contribution in [0.2, 0.25) is 0 Å². The largest absolute Gasteiger partial charge is 0.494 e. The maximum absolute atomic E-state index is 12.6. The lowest BCUT2D eigenvalue weighted by atomic mass is 9.98. The van der Waals surface area contributed by atoms with Gasteiger partial charge in [0.15, 0.2) is 0 Å². The van der Waals surface area contributed by atoms with E-state index < -0.39 is 0 Å². The van der Waals surface area contributed by atoms with Gasteiger partial charge in [0.1, 0.15) is 5.75 Å². The van der Waals surface area contributed by atoms with Crippen LogP contribution in [0.3, 0.4) is 0 Å². The second-order valence-corrected chi connectivity index (χ2v) is 9.38. The van der Waals surface area contributed by atoms with E-state index in [0.717, 1.165) is 66.8 Å². The molecule has 4 rings (SSSR count). The molecule has 0 unspecified atom stereocenters. The van der Waals surface area contributed by atoms with Crippen molar-refractivity contribution >= 4 is 5.91 Å². The van der Waals surface area contributed by atoms with Gasteiger partial charge in [0, 0.05) is 24.5 Å². The number of rotatable bonds is 12. The summed E-state index contributed by atoms with van der Waals surface area (Å²) in [6, 6.07) is 18.3. The number of hydrogen-bond acceptors (Lipinski definition) is 4. The van der Waals surface area contributed by atoms with E-state index >= 15 is 0 Å². The van der Waals surface area contributed by atoms with Crippen LogP contribution in [0.5, 0.6) is 5.75 Å². The summed E-state index contributed by atoms with van der Waals surface area (Å²) in [4.78, 5) is 19.2. The number of unbranched alkanes of at least 4 members (excludes halogenated alkanes) is 1. The Morgan fingerprint density at radius 3 is 2.51 bits per heavy atom. The quantitative estimate of drug-likeness (QED) is 0.249. The van der Waals surface area contributed by atoms with Gasteiger partial charge in [-0.15, -0.1) is 12.8 Å². The van der Waals surface area contributed by atoms with Gasteiger partial charge < -0.3 is 15.0 Å². The smallest absolute Gasteiger partial charge is 0.251 e. The molecule has 1 saturated heterocycles. The van der Waals surface area contributed by atoms with Crippen molar-refractivity contribution < 1.29 is 9.53 Å². The van der Waals surface area contributed by atoms with Crippen LogP contribution in [0.4, 0.5) is 0 Å². The van der Waals surface area contributed by atoms with Crippen molar-refractivity contribution in [3.63, 3.8) is 0 Å². The summed E-state index contributed by atoms with van der Waals surface area (Å²) in [5.74, 6) is 0.894. The van der Waals surface area contributed by atoms with Gasteiger partial charge in [0.2, 0.25) is 0 Å². The highest BCUT2D eigenvalue weighted by molar-refractivity contribution is 5.95. The fourth-order valence-electron chi connectivity index (χ4n) is 4.64. The molecule has 3 aromatic rings. The van der Waals surface area contributed by atoms with Crippen LogP contribution in [0.15, 0.2) is 67.0 Å². The predicted octanol–water partition coefficient (Wildman–Crippen LogP) is 5.92. The summed E-state index contributed by atoms with van der Waals surface area (Å²) >= 11 is 0. The highest BCUT2D eigenvalue weighted by Crippen LogP contribution is 2.26. The molecule has 0 bridgehead atoms. The zero-order valence-electron chi connectivity index (χ0n) is 22.0. The number of likely N-dealkylation sites (tertiary alicyclic amines) is 1. The lowest BCUT2D eigenvalue weighted by Crippen LogP contribution is -2.28. The maximum Gasteiger partial charge on any atom is 0.251 e. The molecule has 5 nitrogen and oxygen atoms in total. The number of terminal acetylenes is 1. The van der Waals surface area contributed by atoms with E-state index in [1.807, 2.05) is 42.6 Å². The third-order valence-electron chi connectivity index (χ3n) is 6.64. The molecule has 0 aliphatic carbocycles. The van der Waals surface area contributed by atoms with Crippen LogP contribution in [-0.4, -0.2) is 48.6 Å². The van der Waals surface area contributed by atoms with Gasteiger partial charge in [-0.2, -0.15) is 0 Å². The normalized spacial score (nSPS) is 12.9. The molecule has 1 aliphatic rings. The van der Waals surface area contributed by atoms with Crippen molar-refractivity contribution in [1.29, 1.82) is 0 Å². The third-order valence-corrected chi connectivity index (χ3v) is 6.64. The zero-order chi connectivity index (χ0) is 26.3. The Morgan fingerprint density at radius 2 is 1.81 bits per heavy atom. The first kappa shape index (κ1) is 28.0. The number of nitrogens with zero attached hydrogens (tertiary/aromatic N) is 2. The number of carbonyl (C=O) groups excluding carboxylic acids is 1. The summed E-state index contributed by atoms with van der Waals surface area (Å²) in [6.07, 6.45) is 18.5.